The minimum atomic E-state index is -0.819. The van der Waals surface area contributed by atoms with Gasteiger partial charge in [0.05, 0.1) is 5.69 Å². The summed E-state index contributed by atoms with van der Waals surface area (Å²) >= 11 is 0. The van der Waals surface area contributed by atoms with Gasteiger partial charge in [0.15, 0.2) is 6.17 Å². The Bertz CT molecular complexity index is 561. The van der Waals surface area contributed by atoms with Gasteiger partial charge in [-0.1, -0.05) is 25.0 Å². The van der Waals surface area contributed by atoms with Crippen LogP contribution < -0.4 is 10.6 Å². The number of likely N-dealkylation sites (N-methyl/N-ethyl adjacent to an activating group) is 1. The van der Waals surface area contributed by atoms with Gasteiger partial charge in [-0.3, -0.25) is 4.79 Å². The molecule has 2 aliphatic heterocycles. The van der Waals surface area contributed by atoms with Gasteiger partial charge in [0.25, 0.3) is 5.91 Å². The van der Waals surface area contributed by atoms with Crippen LogP contribution >= 0.6 is 0 Å². The Morgan fingerprint density at radius 3 is 2.52 bits per heavy atom. The number of carbonyl (C=O) groups excluding carboxylic acids is 1. The zero-order chi connectivity index (χ0) is 14.8. The normalized spacial score (nSPS) is 23.2. The molecule has 2 heterocycles. The van der Waals surface area contributed by atoms with Gasteiger partial charge in [0.2, 0.25) is 0 Å². The monoisotopic (exact) mass is 286 g/mol. The molecule has 1 saturated heterocycles. The number of amides is 1. The number of nitrogens with two attached hydrogens (primary N) is 1. The number of aliphatic imine (C=N–C) groups is 1. The highest BCUT2D eigenvalue weighted by Gasteiger charge is 2.29. The van der Waals surface area contributed by atoms with Crippen LogP contribution in [0.4, 0.5) is 5.69 Å². The second-order valence-electron chi connectivity index (χ2n) is 5.71. The summed E-state index contributed by atoms with van der Waals surface area (Å²) < 4.78 is 0. The Morgan fingerprint density at radius 2 is 1.81 bits per heavy atom. The maximum atomic E-state index is 12.3. The van der Waals surface area contributed by atoms with Gasteiger partial charge in [0.1, 0.15) is 5.84 Å². The quantitative estimate of drug-likeness (QED) is 0.787. The molecule has 1 fully saturated rings. The van der Waals surface area contributed by atoms with Gasteiger partial charge in [0, 0.05) is 25.7 Å². The van der Waals surface area contributed by atoms with Crippen LogP contribution in [0.2, 0.25) is 0 Å². The minimum absolute atomic E-state index is 0.160. The number of hydrogen-bond donors (Lipinski definition) is 1. The zero-order valence-electron chi connectivity index (χ0n) is 12.5. The molecule has 0 spiro atoms. The Morgan fingerprint density at radius 1 is 1.14 bits per heavy atom. The summed E-state index contributed by atoms with van der Waals surface area (Å²) in [6.07, 6.45) is 4.04. The van der Waals surface area contributed by atoms with Crippen LogP contribution in [0.3, 0.4) is 0 Å². The van der Waals surface area contributed by atoms with Crippen molar-refractivity contribution in [3.63, 3.8) is 0 Å². The van der Waals surface area contributed by atoms with E-state index in [9.17, 15) is 4.79 Å². The predicted octanol–water partition coefficient (Wildman–Crippen LogP) is 1.57. The van der Waals surface area contributed by atoms with Crippen LogP contribution in [0, 0.1) is 0 Å². The molecule has 1 amide bonds. The number of likely N-dealkylation sites (tertiary alicyclic amines) is 1. The van der Waals surface area contributed by atoms with E-state index in [-0.39, 0.29) is 5.91 Å². The smallest absolute Gasteiger partial charge is 0.266 e. The molecule has 0 unspecified atom stereocenters. The molecule has 5 nitrogen and oxygen atoms in total. The molecule has 0 aromatic heterocycles. The number of rotatable bonds is 0. The molecule has 1 aromatic carbocycles. The molecular formula is C16H22N4O. The largest absolute Gasteiger partial charge is 0.356 e. The lowest BCUT2D eigenvalue weighted by atomic mass is 10.1. The standard InChI is InChI=1S/C16H22N4O/c1-19-13-9-5-4-8-12(13)15(18-14(17)16(19)21)20-10-6-2-3-7-11-20/h4-5,8-9,14H,2-3,6-7,10-11,17H2,1H3/t14-/m0/s1. The van der Waals surface area contributed by atoms with E-state index in [1.807, 2.05) is 24.3 Å². The van der Waals surface area contributed by atoms with E-state index in [1.54, 1.807) is 11.9 Å². The van der Waals surface area contributed by atoms with E-state index in [4.69, 9.17) is 5.73 Å². The molecule has 21 heavy (non-hydrogen) atoms. The summed E-state index contributed by atoms with van der Waals surface area (Å²) in [6.45, 7) is 1.97. The Hall–Kier alpha value is -1.88. The number of hydrogen-bond acceptors (Lipinski definition) is 4. The van der Waals surface area contributed by atoms with Crippen LogP contribution in [-0.4, -0.2) is 42.9 Å². The van der Waals surface area contributed by atoms with E-state index >= 15 is 0 Å². The van der Waals surface area contributed by atoms with Gasteiger partial charge >= 0.3 is 0 Å². The third-order valence-corrected chi connectivity index (χ3v) is 4.26. The van der Waals surface area contributed by atoms with Crippen LogP contribution in [-0.2, 0) is 4.79 Å². The Kier molecular flexibility index (Phi) is 3.92. The number of nitrogens with zero attached hydrogens (tertiary/aromatic N) is 3. The molecule has 0 bridgehead atoms. The first-order valence-corrected chi connectivity index (χ1v) is 7.64. The van der Waals surface area contributed by atoms with Crippen molar-refractivity contribution in [2.75, 3.05) is 25.0 Å². The predicted molar refractivity (Wildman–Crippen MR) is 84.4 cm³/mol. The second kappa shape index (κ2) is 5.85. The topological polar surface area (TPSA) is 61.9 Å². The lowest BCUT2D eigenvalue weighted by Crippen LogP contribution is -2.40. The van der Waals surface area contributed by atoms with Crippen molar-refractivity contribution in [2.24, 2.45) is 10.7 Å². The Balaban J connectivity index is 2.06. The SMILES string of the molecule is CN1C(=O)[C@@H](N)N=C(N2CCCCCC2)c2ccccc21. The van der Waals surface area contributed by atoms with Gasteiger partial charge in [-0.05, 0) is 25.0 Å². The fourth-order valence-corrected chi connectivity index (χ4v) is 3.06. The van der Waals surface area contributed by atoms with Crippen molar-refractivity contribution in [1.82, 2.24) is 4.90 Å². The number of carbonyl (C=O) groups is 1. The van der Waals surface area contributed by atoms with Crippen molar-refractivity contribution in [3.05, 3.63) is 29.8 Å². The lowest BCUT2D eigenvalue weighted by Gasteiger charge is -2.25. The second-order valence-corrected chi connectivity index (χ2v) is 5.71. The van der Waals surface area contributed by atoms with Crippen molar-refractivity contribution in [1.29, 1.82) is 0 Å². The average molecular weight is 286 g/mol. The molecule has 0 aliphatic carbocycles. The summed E-state index contributed by atoms with van der Waals surface area (Å²) in [5.74, 6) is 0.713. The van der Waals surface area contributed by atoms with Gasteiger partial charge in [-0.25, -0.2) is 4.99 Å². The minimum Gasteiger partial charge on any atom is -0.356 e. The molecule has 3 rings (SSSR count). The van der Waals surface area contributed by atoms with Crippen molar-refractivity contribution in [3.8, 4) is 0 Å². The van der Waals surface area contributed by atoms with Crippen LogP contribution in [0.25, 0.3) is 0 Å². The van der Waals surface area contributed by atoms with Crippen molar-refractivity contribution >= 4 is 17.4 Å². The highest BCUT2D eigenvalue weighted by atomic mass is 16.2. The first-order chi connectivity index (χ1) is 10.2. The number of benzodiazepines with no additional fused rings is 1. The molecule has 5 heteroatoms. The van der Waals surface area contributed by atoms with Gasteiger partial charge < -0.3 is 15.5 Å². The third-order valence-electron chi connectivity index (χ3n) is 4.26. The molecule has 2 N–H and O–H groups in total. The summed E-state index contributed by atoms with van der Waals surface area (Å²) in [4.78, 5) is 20.7. The Labute approximate surface area is 125 Å². The number of para-hydroxylation sites is 1. The molecule has 1 aromatic rings. The van der Waals surface area contributed by atoms with Gasteiger partial charge in [-0.2, -0.15) is 0 Å². The zero-order valence-corrected chi connectivity index (χ0v) is 12.5. The van der Waals surface area contributed by atoms with Gasteiger partial charge in [-0.15, -0.1) is 0 Å². The van der Waals surface area contributed by atoms with Crippen LogP contribution in [0.1, 0.15) is 31.2 Å². The number of amidine groups is 1. The lowest BCUT2D eigenvalue weighted by molar-refractivity contribution is -0.119. The summed E-state index contributed by atoms with van der Waals surface area (Å²) in [5, 5.41) is 0. The van der Waals surface area contributed by atoms with E-state index in [0.717, 1.165) is 30.2 Å². The van der Waals surface area contributed by atoms with Crippen LogP contribution in [0.15, 0.2) is 29.3 Å². The number of anilines is 1. The first-order valence-electron chi connectivity index (χ1n) is 7.64. The fraction of sp³-hybridized carbons (Fsp3) is 0.500. The number of benzene rings is 1. The van der Waals surface area contributed by atoms with Crippen LogP contribution in [0.5, 0.6) is 0 Å². The van der Waals surface area contributed by atoms with E-state index < -0.39 is 6.17 Å². The molecule has 2 aliphatic rings. The summed E-state index contributed by atoms with van der Waals surface area (Å²) in [7, 11) is 1.77. The molecule has 112 valence electrons. The fourth-order valence-electron chi connectivity index (χ4n) is 3.06. The summed E-state index contributed by atoms with van der Waals surface area (Å²) in [6, 6.07) is 7.92. The highest BCUT2D eigenvalue weighted by Crippen LogP contribution is 2.26. The highest BCUT2D eigenvalue weighted by molar-refractivity contribution is 6.11. The maximum absolute atomic E-state index is 12.3. The molecular weight excluding hydrogens is 264 g/mol. The third kappa shape index (κ3) is 2.65. The maximum Gasteiger partial charge on any atom is 0.266 e. The van der Waals surface area contributed by atoms with E-state index in [1.165, 1.54) is 25.7 Å². The number of fused-ring (bicyclic) bond motifs is 1. The molecule has 1 atom stereocenters. The molecule has 0 radical (unpaired) electrons. The van der Waals surface area contributed by atoms with Crippen molar-refractivity contribution in [2.45, 2.75) is 31.8 Å². The summed E-state index contributed by atoms with van der Waals surface area (Å²) in [5.41, 5.74) is 7.87. The van der Waals surface area contributed by atoms with E-state index in [2.05, 4.69) is 9.89 Å². The average Bonchev–Trinajstić information content (AvgIpc) is 2.83. The molecule has 0 saturated carbocycles. The van der Waals surface area contributed by atoms with E-state index in [0.29, 0.717) is 0 Å². The van der Waals surface area contributed by atoms with Crippen molar-refractivity contribution < 1.29 is 4.79 Å². The first kappa shape index (κ1) is 14.1.